The van der Waals surface area contributed by atoms with E-state index in [-0.39, 0.29) is 17.1 Å². The van der Waals surface area contributed by atoms with Crippen molar-refractivity contribution < 1.29 is 28.7 Å². The maximum atomic E-state index is 13.1. The van der Waals surface area contributed by atoms with E-state index in [9.17, 15) is 19.2 Å². The standard InChI is InChI=1S/C28H24N2O6/c1-4-35-24-16-19(10-13-23(24)36-27(33)20-7-5-6-18(3)14-20)15-22-25(31)29-28(34)30(26(22)32)21-11-8-17(2)9-12-21/h5-16H,4H2,1-3H3,(H,29,31,34)/b22-15+. The molecule has 4 amide bonds. The Kier molecular flexibility index (Phi) is 6.96. The van der Waals surface area contributed by atoms with E-state index >= 15 is 0 Å². The van der Waals surface area contributed by atoms with Crippen molar-refractivity contribution >= 4 is 35.6 Å². The number of rotatable bonds is 6. The van der Waals surface area contributed by atoms with Gasteiger partial charge in [0.05, 0.1) is 17.9 Å². The molecule has 0 bridgehead atoms. The second-order valence-electron chi connectivity index (χ2n) is 8.19. The summed E-state index contributed by atoms with van der Waals surface area (Å²) in [4.78, 5) is 51.5. The Hall–Kier alpha value is -4.72. The van der Waals surface area contributed by atoms with Crippen LogP contribution in [0.25, 0.3) is 6.08 Å². The highest BCUT2D eigenvalue weighted by atomic mass is 16.6. The van der Waals surface area contributed by atoms with Crippen LogP contribution < -0.4 is 19.7 Å². The van der Waals surface area contributed by atoms with E-state index < -0.39 is 23.8 Å². The summed E-state index contributed by atoms with van der Waals surface area (Å²) in [6.07, 6.45) is 1.36. The fourth-order valence-corrected chi connectivity index (χ4v) is 3.65. The van der Waals surface area contributed by atoms with Crippen molar-refractivity contribution in [3.05, 3.63) is 94.6 Å². The van der Waals surface area contributed by atoms with Crippen molar-refractivity contribution in [1.82, 2.24) is 5.32 Å². The molecule has 0 saturated carbocycles. The van der Waals surface area contributed by atoms with E-state index in [4.69, 9.17) is 9.47 Å². The monoisotopic (exact) mass is 484 g/mol. The van der Waals surface area contributed by atoms with Crippen LogP contribution in [0.15, 0.2) is 72.3 Å². The molecule has 0 aromatic heterocycles. The summed E-state index contributed by atoms with van der Waals surface area (Å²) in [5.74, 6) is -1.63. The predicted octanol–water partition coefficient (Wildman–Crippen LogP) is 4.59. The topological polar surface area (TPSA) is 102 Å². The molecule has 0 atom stereocenters. The van der Waals surface area contributed by atoms with Gasteiger partial charge >= 0.3 is 12.0 Å². The molecule has 8 heteroatoms. The average Bonchev–Trinajstić information content (AvgIpc) is 2.84. The number of aryl methyl sites for hydroxylation is 2. The highest BCUT2D eigenvalue weighted by Crippen LogP contribution is 2.31. The molecule has 3 aromatic carbocycles. The van der Waals surface area contributed by atoms with Gasteiger partial charge in [-0.1, -0.05) is 41.5 Å². The van der Waals surface area contributed by atoms with Gasteiger partial charge in [0.15, 0.2) is 11.5 Å². The number of carbonyl (C=O) groups excluding carboxylic acids is 4. The van der Waals surface area contributed by atoms with Crippen molar-refractivity contribution in [2.45, 2.75) is 20.8 Å². The molecule has 1 aliphatic rings. The quantitative estimate of drug-likeness (QED) is 0.238. The van der Waals surface area contributed by atoms with Crippen molar-refractivity contribution in [3.63, 3.8) is 0 Å². The minimum absolute atomic E-state index is 0.196. The molecule has 0 unspecified atom stereocenters. The summed E-state index contributed by atoms with van der Waals surface area (Å²) in [7, 11) is 0. The molecule has 0 spiro atoms. The number of carbonyl (C=O) groups is 4. The number of imide groups is 2. The van der Waals surface area contributed by atoms with Crippen LogP contribution in [0.4, 0.5) is 10.5 Å². The molecule has 1 saturated heterocycles. The van der Waals surface area contributed by atoms with Crippen LogP contribution in [0.5, 0.6) is 11.5 Å². The third-order valence-corrected chi connectivity index (χ3v) is 5.43. The zero-order valence-electron chi connectivity index (χ0n) is 20.0. The van der Waals surface area contributed by atoms with Crippen LogP contribution >= 0.6 is 0 Å². The molecule has 36 heavy (non-hydrogen) atoms. The molecule has 182 valence electrons. The molecule has 1 fully saturated rings. The van der Waals surface area contributed by atoms with Gasteiger partial charge in [-0.3, -0.25) is 14.9 Å². The lowest BCUT2D eigenvalue weighted by Crippen LogP contribution is -2.54. The average molecular weight is 485 g/mol. The lowest BCUT2D eigenvalue weighted by Gasteiger charge is -2.26. The van der Waals surface area contributed by atoms with Gasteiger partial charge in [-0.15, -0.1) is 0 Å². The molecule has 3 aromatic rings. The van der Waals surface area contributed by atoms with Gasteiger partial charge in [-0.2, -0.15) is 0 Å². The van der Waals surface area contributed by atoms with Crippen molar-refractivity contribution in [2.24, 2.45) is 0 Å². The van der Waals surface area contributed by atoms with Gasteiger partial charge in [0.25, 0.3) is 11.8 Å². The van der Waals surface area contributed by atoms with Gasteiger partial charge < -0.3 is 9.47 Å². The highest BCUT2D eigenvalue weighted by Gasteiger charge is 2.36. The van der Waals surface area contributed by atoms with E-state index in [0.29, 0.717) is 23.4 Å². The Morgan fingerprint density at radius 1 is 0.917 bits per heavy atom. The van der Waals surface area contributed by atoms with Crippen LogP contribution in [0.2, 0.25) is 0 Å². The second-order valence-corrected chi connectivity index (χ2v) is 8.19. The fourth-order valence-electron chi connectivity index (χ4n) is 3.65. The number of ether oxygens (including phenoxy) is 2. The largest absolute Gasteiger partial charge is 0.490 e. The van der Waals surface area contributed by atoms with Gasteiger partial charge in [0.2, 0.25) is 0 Å². The molecule has 4 rings (SSSR count). The second kappa shape index (κ2) is 10.3. The number of nitrogens with zero attached hydrogens (tertiary/aromatic N) is 1. The van der Waals surface area contributed by atoms with Crippen molar-refractivity contribution in [2.75, 3.05) is 11.5 Å². The number of urea groups is 1. The number of anilines is 1. The molecular formula is C28H24N2O6. The Morgan fingerprint density at radius 2 is 1.67 bits per heavy atom. The first kappa shape index (κ1) is 24.4. The molecule has 1 aliphatic heterocycles. The van der Waals surface area contributed by atoms with Gasteiger partial charge in [0.1, 0.15) is 5.57 Å². The van der Waals surface area contributed by atoms with Gasteiger partial charge in [0, 0.05) is 0 Å². The van der Waals surface area contributed by atoms with Crippen LogP contribution in [-0.4, -0.2) is 30.4 Å². The maximum absolute atomic E-state index is 13.1. The Bertz CT molecular complexity index is 1390. The number of hydrogen-bond donors (Lipinski definition) is 1. The van der Waals surface area contributed by atoms with E-state index in [2.05, 4.69) is 5.32 Å². The van der Waals surface area contributed by atoms with Gasteiger partial charge in [-0.05, 0) is 68.8 Å². The summed E-state index contributed by atoms with van der Waals surface area (Å²) in [6.45, 7) is 5.83. The lowest BCUT2D eigenvalue weighted by molar-refractivity contribution is -0.122. The van der Waals surface area contributed by atoms with E-state index in [1.807, 2.05) is 19.9 Å². The molecule has 1 heterocycles. The predicted molar refractivity (Wildman–Crippen MR) is 134 cm³/mol. The number of hydrogen-bond acceptors (Lipinski definition) is 6. The summed E-state index contributed by atoms with van der Waals surface area (Å²) in [5, 5.41) is 2.20. The molecular weight excluding hydrogens is 460 g/mol. The SMILES string of the molecule is CCOc1cc(/C=C2\C(=O)NC(=O)N(c3ccc(C)cc3)C2=O)ccc1OC(=O)c1cccc(C)c1. The van der Waals surface area contributed by atoms with E-state index in [1.165, 1.54) is 12.1 Å². The van der Waals surface area contributed by atoms with Crippen LogP contribution in [0.1, 0.15) is 34.0 Å². The first-order valence-electron chi connectivity index (χ1n) is 11.3. The van der Waals surface area contributed by atoms with Gasteiger partial charge in [-0.25, -0.2) is 14.5 Å². The van der Waals surface area contributed by atoms with E-state index in [1.54, 1.807) is 61.5 Å². The third-order valence-electron chi connectivity index (χ3n) is 5.43. The molecule has 1 N–H and O–H groups in total. The Morgan fingerprint density at radius 3 is 2.36 bits per heavy atom. The minimum atomic E-state index is -0.820. The number of amides is 4. The maximum Gasteiger partial charge on any atom is 0.343 e. The third kappa shape index (κ3) is 5.17. The fraction of sp³-hybridized carbons (Fsp3) is 0.143. The number of nitrogens with one attached hydrogen (secondary N) is 1. The summed E-state index contributed by atoms with van der Waals surface area (Å²) < 4.78 is 11.2. The van der Waals surface area contributed by atoms with Crippen LogP contribution in [0, 0.1) is 13.8 Å². The zero-order chi connectivity index (χ0) is 25.8. The zero-order valence-corrected chi connectivity index (χ0v) is 20.0. The molecule has 0 radical (unpaired) electrons. The van der Waals surface area contributed by atoms with Crippen molar-refractivity contribution in [3.8, 4) is 11.5 Å². The number of barbiturate groups is 1. The van der Waals surface area contributed by atoms with Crippen LogP contribution in [0.3, 0.4) is 0 Å². The number of benzene rings is 3. The van der Waals surface area contributed by atoms with Crippen LogP contribution in [-0.2, 0) is 9.59 Å². The smallest absolute Gasteiger partial charge is 0.343 e. The van der Waals surface area contributed by atoms with Crippen molar-refractivity contribution in [1.29, 1.82) is 0 Å². The lowest BCUT2D eigenvalue weighted by atomic mass is 10.1. The normalized spacial score (nSPS) is 14.6. The molecule has 0 aliphatic carbocycles. The van der Waals surface area contributed by atoms with E-state index in [0.717, 1.165) is 16.0 Å². The highest BCUT2D eigenvalue weighted by molar-refractivity contribution is 6.39. The first-order valence-corrected chi connectivity index (χ1v) is 11.3. The Balaban J connectivity index is 1.64. The Labute approximate surface area is 208 Å². The number of esters is 1. The summed E-state index contributed by atoms with van der Waals surface area (Å²) in [6, 6.07) is 17.7. The first-order chi connectivity index (χ1) is 17.3. The summed E-state index contributed by atoms with van der Waals surface area (Å²) >= 11 is 0. The minimum Gasteiger partial charge on any atom is -0.490 e. The summed E-state index contributed by atoms with van der Waals surface area (Å²) in [5.41, 5.74) is 2.85. The molecule has 8 nitrogen and oxygen atoms in total.